The summed E-state index contributed by atoms with van der Waals surface area (Å²) in [4.78, 5) is 0. The van der Waals surface area contributed by atoms with Crippen molar-refractivity contribution in [3.05, 3.63) is 16.8 Å². The lowest BCUT2D eigenvalue weighted by atomic mass is 10.5. The second-order valence-electron chi connectivity index (χ2n) is 1.54. The van der Waals surface area contributed by atoms with Gasteiger partial charge in [-0.1, -0.05) is 0 Å². The average molecular weight is 127 g/mol. The highest BCUT2D eigenvalue weighted by Gasteiger charge is 1.83. The summed E-state index contributed by atoms with van der Waals surface area (Å²) in [5.74, 6) is 0. The smallest absolute Gasteiger partial charge is 0.0448 e. The molecule has 0 aliphatic heterocycles. The summed E-state index contributed by atoms with van der Waals surface area (Å²) in [6.07, 6.45) is 0. The lowest BCUT2D eigenvalue weighted by molar-refractivity contribution is 1.22. The van der Waals surface area contributed by atoms with Gasteiger partial charge in [-0.25, -0.2) is 0 Å². The fourth-order valence-corrected chi connectivity index (χ4v) is 1.18. The van der Waals surface area contributed by atoms with Crippen LogP contribution in [-0.4, -0.2) is 6.54 Å². The van der Waals surface area contributed by atoms with E-state index >= 15 is 0 Å². The van der Waals surface area contributed by atoms with Crippen LogP contribution in [0.4, 0.5) is 5.69 Å². The first kappa shape index (κ1) is 5.63. The van der Waals surface area contributed by atoms with Gasteiger partial charge in [0.05, 0.1) is 0 Å². The molecule has 0 aliphatic carbocycles. The molecule has 0 spiro atoms. The molecular formula is C6H9NS. The monoisotopic (exact) mass is 127 g/mol. The molecule has 0 fully saturated rings. The second kappa shape index (κ2) is 2.72. The SMILES string of the molecule is CCNc1ccsc1. The molecule has 0 radical (unpaired) electrons. The highest BCUT2D eigenvalue weighted by molar-refractivity contribution is 7.08. The van der Waals surface area contributed by atoms with Crippen LogP contribution in [0.15, 0.2) is 16.8 Å². The number of rotatable bonds is 2. The zero-order valence-corrected chi connectivity index (χ0v) is 5.66. The lowest BCUT2D eigenvalue weighted by Crippen LogP contribution is -1.92. The van der Waals surface area contributed by atoms with E-state index in [2.05, 4.69) is 29.1 Å². The van der Waals surface area contributed by atoms with Crippen molar-refractivity contribution in [2.45, 2.75) is 6.92 Å². The summed E-state index contributed by atoms with van der Waals surface area (Å²) < 4.78 is 0. The van der Waals surface area contributed by atoms with Crippen LogP contribution >= 0.6 is 11.3 Å². The van der Waals surface area contributed by atoms with E-state index in [0.717, 1.165) is 6.54 Å². The molecule has 0 aromatic carbocycles. The van der Waals surface area contributed by atoms with Gasteiger partial charge in [-0.05, 0) is 18.4 Å². The van der Waals surface area contributed by atoms with Gasteiger partial charge in [0.1, 0.15) is 0 Å². The third-order valence-electron chi connectivity index (χ3n) is 0.902. The maximum atomic E-state index is 3.20. The standard InChI is InChI=1S/C6H9NS/c1-2-7-6-3-4-8-5-6/h3-5,7H,2H2,1H3. The first-order valence-corrected chi connectivity index (χ1v) is 3.64. The summed E-state index contributed by atoms with van der Waals surface area (Å²) in [5.41, 5.74) is 1.23. The van der Waals surface area contributed by atoms with Crippen molar-refractivity contribution in [2.75, 3.05) is 11.9 Å². The fraction of sp³-hybridized carbons (Fsp3) is 0.333. The molecule has 0 aliphatic rings. The predicted octanol–water partition coefficient (Wildman–Crippen LogP) is 2.18. The molecule has 44 valence electrons. The van der Waals surface area contributed by atoms with E-state index in [9.17, 15) is 0 Å². The molecule has 1 nitrogen and oxygen atoms in total. The zero-order chi connectivity index (χ0) is 5.82. The molecule has 1 rings (SSSR count). The van der Waals surface area contributed by atoms with Crippen molar-refractivity contribution in [3.63, 3.8) is 0 Å². The first-order valence-electron chi connectivity index (χ1n) is 2.69. The molecule has 1 aromatic rings. The van der Waals surface area contributed by atoms with E-state index in [1.165, 1.54) is 5.69 Å². The lowest BCUT2D eigenvalue weighted by Gasteiger charge is -1.93. The Balaban J connectivity index is 2.50. The van der Waals surface area contributed by atoms with Crippen LogP contribution in [0.1, 0.15) is 6.92 Å². The molecule has 2 heteroatoms. The van der Waals surface area contributed by atoms with Crippen LogP contribution in [0, 0.1) is 0 Å². The van der Waals surface area contributed by atoms with Crippen molar-refractivity contribution in [1.29, 1.82) is 0 Å². The molecule has 0 atom stereocenters. The highest BCUT2D eigenvalue weighted by Crippen LogP contribution is 2.10. The average Bonchev–Trinajstić information content (AvgIpc) is 2.19. The minimum atomic E-state index is 1.01. The first-order chi connectivity index (χ1) is 3.93. The third kappa shape index (κ3) is 1.23. The maximum absolute atomic E-state index is 3.20. The molecule has 8 heavy (non-hydrogen) atoms. The van der Waals surface area contributed by atoms with Crippen LogP contribution in [0.2, 0.25) is 0 Å². The summed E-state index contributed by atoms with van der Waals surface area (Å²) in [5, 5.41) is 7.37. The predicted molar refractivity (Wildman–Crippen MR) is 38.5 cm³/mol. The van der Waals surface area contributed by atoms with Crippen molar-refractivity contribution in [2.24, 2.45) is 0 Å². The Morgan fingerprint density at radius 1 is 1.75 bits per heavy atom. The Morgan fingerprint density at radius 2 is 2.62 bits per heavy atom. The van der Waals surface area contributed by atoms with Crippen LogP contribution in [0.5, 0.6) is 0 Å². The maximum Gasteiger partial charge on any atom is 0.0448 e. The van der Waals surface area contributed by atoms with Gasteiger partial charge < -0.3 is 5.32 Å². The Hall–Kier alpha value is -0.500. The Bertz CT molecular complexity index is 134. The molecule has 0 bridgehead atoms. The van der Waals surface area contributed by atoms with Gasteiger partial charge in [0.2, 0.25) is 0 Å². The van der Waals surface area contributed by atoms with E-state index in [0.29, 0.717) is 0 Å². The number of nitrogens with one attached hydrogen (secondary N) is 1. The quantitative estimate of drug-likeness (QED) is 0.642. The summed E-state index contributed by atoms with van der Waals surface area (Å²) >= 11 is 1.72. The number of hydrogen-bond donors (Lipinski definition) is 1. The van der Waals surface area contributed by atoms with Crippen LogP contribution < -0.4 is 5.32 Å². The summed E-state index contributed by atoms with van der Waals surface area (Å²) in [6, 6.07) is 2.08. The Morgan fingerprint density at radius 3 is 3.12 bits per heavy atom. The normalized spacial score (nSPS) is 9.12. The largest absolute Gasteiger partial charge is 0.385 e. The molecule has 1 heterocycles. The molecule has 0 saturated carbocycles. The molecule has 0 saturated heterocycles. The number of hydrogen-bond acceptors (Lipinski definition) is 2. The van der Waals surface area contributed by atoms with Crippen LogP contribution in [-0.2, 0) is 0 Å². The van der Waals surface area contributed by atoms with Gasteiger partial charge >= 0.3 is 0 Å². The second-order valence-corrected chi connectivity index (χ2v) is 2.32. The molecule has 0 unspecified atom stereocenters. The van der Waals surface area contributed by atoms with Crippen molar-refractivity contribution < 1.29 is 0 Å². The summed E-state index contributed by atoms with van der Waals surface area (Å²) in [7, 11) is 0. The van der Waals surface area contributed by atoms with Gasteiger partial charge in [-0.15, -0.1) is 0 Å². The third-order valence-corrected chi connectivity index (χ3v) is 1.59. The van der Waals surface area contributed by atoms with Crippen molar-refractivity contribution >= 4 is 17.0 Å². The van der Waals surface area contributed by atoms with E-state index in [1.54, 1.807) is 11.3 Å². The topological polar surface area (TPSA) is 12.0 Å². The van der Waals surface area contributed by atoms with E-state index in [1.807, 2.05) is 0 Å². The number of anilines is 1. The van der Waals surface area contributed by atoms with Crippen LogP contribution in [0.25, 0.3) is 0 Å². The molecular weight excluding hydrogens is 118 g/mol. The number of thiophene rings is 1. The van der Waals surface area contributed by atoms with Crippen molar-refractivity contribution in [3.8, 4) is 0 Å². The highest BCUT2D eigenvalue weighted by atomic mass is 32.1. The minimum absolute atomic E-state index is 1.01. The summed E-state index contributed by atoms with van der Waals surface area (Å²) in [6.45, 7) is 3.11. The molecule has 1 N–H and O–H groups in total. The van der Waals surface area contributed by atoms with E-state index < -0.39 is 0 Å². The Labute approximate surface area is 53.4 Å². The molecule has 0 amide bonds. The fourth-order valence-electron chi connectivity index (χ4n) is 0.569. The minimum Gasteiger partial charge on any atom is -0.385 e. The van der Waals surface area contributed by atoms with Crippen molar-refractivity contribution in [1.82, 2.24) is 0 Å². The zero-order valence-electron chi connectivity index (χ0n) is 4.85. The Kier molecular flexibility index (Phi) is 1.92. The molecule has 1 aromatic heterocycles. The van der Waals surface area contributed by atoms with E-state index in [4.69, 9.17) is 0 Å². The van der Waals surface area contributed by atoms with Gasteiger partial charge in [0.15, 0.2) is 0 Å². The van der Waals surface area contributed by atoms with Gasteiger partial charge in [0.25, 0.3) is 0 Å². The van der Waals surface area contributed by atoms with Gasteiger partial charge in [-0.2, -0.15) is 11.3 Å². The van der Waals surface area contributed by atoms with Gasteiger partial charge in [-0.3, -0.25) is 0 Å². The van der Waals surface area contributed by atoms with E-state index in [-0.39, 0.29) is 0 Å². The van der Waals surface area contributed by atoms with Gasteiger partial charge in [0, 0.05) is 17.6 Å². The van der Waals surface area contributed by atoms with Crippen LogP contribution in [0.3, 0.4) is 0 Å².